The molecule has 0 spiro atoms. The van der Waals surface area contributed by atoms with Gasteiger partial charge in [-0.3, -0.25) is 9.59 Å². The summed E-state index contributed by atoms with van der Waals surface area (Å²) in [6, 6.07) is 9.55. The molecule has 0 aromatic heterocycles. The van der Waals surface area contributed by atoms with Crippen LogP contribution in [-0.4, -0.2) is 37.8 Å². The Hall–Kier alpha value is -2.33. The molecule has 0 aliphatic rings. The van der Waals surface area contributed by atoms with Crippen LogP contribution in [-0.2, 0) is 4.79 Å². The van der Waals surface area contributed by atoms with Crippen molar-refractivity contribution in [3.63, 3.8) is 0 Å². The third-order valence-corrected chi connectivity index (χ3v) is 5.58. The van der Waals surface area contributed by atoms with Gasteiger partial charge >= 0.3 is 0 Å². The molecule has 2 N–H and O–H groups in total. The van der Waals surface area contributed by atoms with Gasteiger partial charge in [0.25, 0.3) is 11.8 Å². The second kappa shape index (κ2) is 12.6. The summed E-state index contributed by atoms with van der Waals surface area (Å²) in [7, 11) is 1.57. The van der Waals surface area contributed by atoms with E-state index in [1.165, 1.54) is 6.21 Å². The van der Waals surface area contributed by atoms with Gasteiger partial charge in [0.15, 0.2) is 11.5 Å². The van der Waals surface area contributed by atoms with Gasteiger partial charge in [0, 0.05) is 0 Å². The van der Waals surface area contributed by atoms with Crippen molar-refractivity contribution in [2.45, 2.75) is 33.2 Å². The fourth-order valence-corrected chi connectivity index (χ4v) is 3.80. The summed E-state index contributed by atoms with van der Waals surface area (Å²) in [5.41, 5.74) is 3.54. The van der Waals surface area contributed by atoms with Crippen LogP contribution in [0, 0.1) is 9.49 Å². The highest BCUT2D eigenvalue weighted by Crippen LogP contribution is 2.33. The van der Waals surface area contributed by atoms with Gasteiger partial charge in [-0.1, -0.05) is 44.5 Å². The Balaban J connectivity index is 2.09. The molecule has 0 aliphatic heterocycles. The van der Waals surface area contributed by atoms with Crippen molar-refractivity contribution in [3.8, 4) is 11.5 Å². The highest BCUT2D eigenvalue weighted by atomic mass is 127. The number of rotatable bonds is 10. The quantitative estimate of drug-likeness (QED) is 0.247. The molecule has 0 radical (unpaired) electrons. The number of carbonyl (C=O) groups excluding carboxylic acids is 2. The van der Waals surface area contributed by atoms with Gasteiger partial charge < -0.3 is 14.8 Å². The molecule has 1 unspecified atom stereocenters. The number of carbonyl (C=O) groups is 2. The maximum atomic E-state index is 12.7. The third-order valence-electron chi connectivity index (χ3n) is 4.44. The second-order valence-electron chi connectivity index (χ2n) is 7.29. The van der Waals surface area contributed by atoms with E-state index in [1.807, 2.05) is 26.8 Å². The summed E-state index contributed by atoms with van der Waals surface area (Å²) in [6.45, 7) is 6.29. The van der Waals surface area contributed by atoms with E-state index >= 15 is 0 Å². The first-order chi connectivity index (χ1) is 15.3. The molecule has 0 heterocycles. The molecule has 172 valence electrons. The first-order valence-electron chi connectivity index (χ1n) is 10.2. The molecular formula is C23H27ClIN3O4. The smallest absolute Gasteiger partial charge is 0.262 e. The maximum absolute atomic E-state index is 12.7. The summed E-state index contributed by atoms with van der Waals surface area (Å²) < 4.78 is 12.0. The molecule has 9 heteroatoms. The SMILES string of the molecule is CCCOc1c(I)cc(C=NNC(=O)C(NC(=O)c2ccccc2Cl)C(C)C)cc1OC. The molecule has 0 saturated heterocycles. The molecule has 2 aromatic carbocycles. The number of hydrogen-bond donors (Lipinski definition) is 2. The number of hydrazone groups is 1. The minimum absolute atomic E-state index is 0.160. The standard InChI is InChI=1S/C23H27ClIN3O4/c1-5-10-32-21-18(25)11-15(12-19(21)31-4)13-26-28-23(30)20(14(2)3)27-22(29)16-8-6-7-9-17(16)24/h6-9,11-14,20H,5,10H2,1-4H3,(H,27,29)(H,28,30). The monoisotopic (exact) mass is 571 g/mol. The largest absolute Gasteiger partial charge is 0.493 e. The molecule has 2 aromatic rings. The van der Waals surface area contributed by atoms with Crippen LogP contribution in [0.3, 0.4) is 0 Å². The lowest BCUT2D eigenvalue weighted by Gasteiger charge is -2.20. The second-order valence-corrected chi connectivity index (χ2v) is 8.86. The van der Waals surface area contributed by atoms with Gasteiger partial charge in [0.1, 0.15) is 6.04 Å². The van der Waals surface area contributed by atoms with Crippen LogP contribution in [0.5, 0.6) is 11.5 Å². The van der Waals surface area contributed by atoms with Gasteiger partial charge in [-0.25, -0.2) is 5.43 Å². The van der Waals surface area contributed by atoms with E-state index < -0.39 is 17.9 Å². The molecular weight excluding hydrogens is 545 g/mol. The minimum atomic E-state index is -0.782. The highest BCUT2D eigenvalue weighted by molar-refractivity contribution is 14.1. The zero-order chi connectivity index (χ0) is 23.7. The van der Waals surface area contributed by atoms with Gasteiger partial charge in [0.2, 0.25) is 0 Å². The van der Waals surface area contributed by atoms with Crippen LogP contribution in [0.2, 0.25) is 5.02 Å². The zero-order valence-electron chi connectivity index (χ0n) is 18.4. The molecule has 2 rings (SSSR count). The van der Waals surface area contributed by atoms with E-state index in [9.17, 15) is 9.59 Å². The zero-order valence-corrected chi connectivity index (χ0v) is 21.4. The van der Waals surface area contributed by atoms with Gasteiger partial charge in [-0.05, 0) is 64.8 Å². The van der Waals surface area contributed by atoms with E-state index in [-0.39, 0.29) is 5.92 Å². The first-order valence-corrected chi connectivity index (χ1v) is 11.6. The Bertz CT molecular complexity index is 982. The van der Waals surface area contributed by atoms with Gasteiger partial charge in [-0.2, -0.15) is 5.10 Å². The molecule has 0 aliphatic carbocycles. The van der Waals surface area contributed by atoms with E-state index in [1.54, 1.807) is 37.4 Å². The highest BCUT2D eigenvalue weighted by Gasteiger charge is 2.25. The van der Waals surface area contributed by atoms with E-state index in [0.717, 1.165) is 15.6 Å². The van der Waals surface area contributed by atoms with Gasteiger partial charge in [0.05, 0.1) is 34.1 Å². The number of halogens is 2. The van der Waals surface area contributed by atoms with E-state index in [4.69, 9.17) is 21.1 Å². The lowest BCUT2D eigenvalue weighted by atomic mass is 10.0. The van der Waals surface area contributed by atoms with Crippen LogP contribution in [0.1, 0.15) is 43.1 Å². The Morgan fingerprint density at radius 3 is 2.59 bits per heavy atom. The fraction of sp³-hybridized carbons (Fsp3) is 0.348. The Labute approximate surface area is 207 Å². The molecule has 2 amide bonds. The van der Waals surface area contributed by atoms with Crippen molar-refractivity contribution >= 4 is 52.2 Å². The number of nitrogens with zero attached hydrogens (tertiary/aromatic N) is 1. The minimum Gasteiger partial charge on any atom is -0.493 e. The number of nitrogens with one attached hydrogen (secondary N) is 2. The van der Waals surface area contributed by atoms with Crippen molar-refractivity contribution < 1.29 is 19.1 Å². The van der Waals surface area contributed by atoms with Crippen LogP contribution >= 0.6 is 34.2 Å². The topological polar surface area (TPSA) is 89.0 Å². The van der Waals surface area contributed by atoms with Crippen LogP contribution in [0.25, 0.3) is 0 Å². The van der Waals surface area contributed by atoms with Crippen LogP contribution in [0.15, 0.2) is 41.5 Å². The average Bonchev–Trinajstić information content (AvgIpc) is 2.76. The molecule has 1 atom stereocenters. The number of amides is 2. The lowest BCUT2D eigenvalue weighted by molar-refractivity contribution is -0.123. The number of hydrogen-bond acceptors (Lipinski definition) is 5. The summed E-state index contributed by atoms with van der Waals surface area (Å²) in [6.07, 6.45) is 2.40. The van der Waals surface area contributed by atoms with Crippen LogP contribution < -0.4 is 20.2 Å². The Morgan fingerprint density at radius 2 is 1.97 bits per heavy atom. The summed E-state index contributed by atoms with van der Waals surface area (Å²) in [5, 5.41) is 7.10. The summed E-state index contributed by atoms with van der Waals surface area (Å²) in [4.78, 5) is 25.2. The third kappa shape index (κ3) is 7.09. The lowest BCUT2D eigenvalue weighted by Crippen LogP contribution is -2.48. The van der Waals surface area contributed by atoms with Crippen LogP contribution in [0.4, 0.5) is 0 Å². The number of methoxy groups -OCH3 is 1. The normalized spacial score (nSPS) is 12.0. The molecule has 0 bridgehead atoms. The number of ether oxygens (including phenoxy) is 2. The molecule has 32 heavy (non-hydrogen) atoms. The van der Waals surface area contributed by atoms with Crippen molar-refractivity contribution in [1.29, 1.82) is 0 Å². The van der Waals surface area contributed by atoms with Gasteiger partial charge in [-0.15, -0.1) is 0 Å². The van der Waals surface area contributed by atoms with Crippen molar-refractivity contribution in [3.05, 3.63) is 56.1 Å². The van der Waals surface area contributed by atoms with Crippen molar-refractivity contribution in [2.24, 2.45) is 11.0 Å². The predicted octanol–water partition coefficient (Wildman–Crippen LogP) is 4.65. The average molecular weight is 572 g/mol. The first kappa shape index (κ1) is 25.9. The fourth-order valence-electron chi connectivity index (χ4n) is 2.80. The Kier molecular flexibility index (Phi) is 10.2. The predicted molar refractivity (Wildman–Crippen MR) is 135 cm³/mol. The molecule has 7 nitrogen and oxygen atoms in total. The summed E-state index contributed by atoms with van der Waals surface area (Å²) in [5.74, 6) is 0.257. The Morgan fingerprint density at radius 1 is 1.25 bits per heavy atom. The van der Waals surface area contributed by atoms with E-state index in [0.29, 0.717) is 28.7 Å². The molecule has 0 saturated carbocycles. The van der Waals surface area contributed by atoms with E-state index in [2.05, 4.69) is 38.4 Å². The molecule has 0 fully saturated rings. The van der Waals surface area contributed by atoms with Crippen molar-refractivity contribution in [2.75, 3.05) is 13.7 Å². The summed E-state index contributed by atoms with van der Waals surface area (Å²) >= 11 is 8.25. The maximum Gasteiger partial charge on any atom is 0.262 e. The van der Waals surface area contributed by atoms with Crippen molar-refractivity contribution in [1.82, 2.24) is 10.7 Å². The number of benzene rings is 2.